The lowest BCUT2D eigenvalue weighted by molar-refractivity contribution is 0.0633. The molecule has 0 aromatic carbocycles. The minimum Gasteiger partial charge on any atom is -0.335 e. The molecule has 5 heteroatoms. The molecule has 0 aliphatic carbocycles. The van der Waals surface area contributed by atoms with Crippen LogP contribution in [0.25, 0.3) is 0 Å². The molecular weight excluding hydrogens is 246 g/mol. The third-order valence-electron chi connectivity index (χ3n) is 3.14. The average molecular weight is 263 g/mol. The quantitative estimate of drug-likeness (QED) is 0.833. The minimum atomic E-state index is 0.0598. The van der Waals surface area contributed by atoms with Gasteiger partial charge in [0.05, 0.1) is 16.9 Å². The molecule has 1 aromatic heterocycles. The fourth-order valence-corrected chi connectivity index (χ4v) is 2.81. The van der Waals surface area contributed by atoms with Crippen LogP contribution < -0.4 is 0 Å². The van der Waals surface area contributed by atoms with Gasteiger partial charge in [-0.05, 0) is 18.4 Å². The average Bonchev–Trinajstić information content (AvgIpc) is 2.92. The number of piperazine rings is 1. The van der Waals surface area contributed by atoms with Gasteiger partial charge in [0.15, 0.2) is 0 Å². The van der Waals surface area contributed by atoms with Crippen LogP contribution in [0.5, 0.6) is 0 Å². The molecule has 1 unspecified atom stereocenters. The molecule has 0 spiro atoms. The van der Waals surface area contributed by atoms with Crippen LogP contribution in [-0.2, 0) is 0 Å². The van der Waals surface area contributed by atoms with Crippen molar-refractivity contribution in [3.05, 3.63) is 22.4 Å². The van der Waals surface area contributed by atoms with Crippen LogP contribution in [0.4, 0.5) is 0 Å². The van der Waals surface area contributed by atoms with E-state index in [1.807, 2.05) is 29.3 Å². The Morgan fingerprint density at radius 3 is 2.78 bits per heavy atom. The monoisotopic (exact) mass is 263 g/mol. The standard InChI is InChI=1S/C13H17N3OS/c1-11(9-14)10-15-4-6-16(7-5-15)13(17)12-3-2-8-18-12/h2-3,8,11H,4-7,10H2,1H3. The summed E-state index contributed by atoms with van der Waals surface area (Å²) in [7, 11) is 0. The first-order valence-electron chi connectivity index (χ1n) is 6.15. The van der Waals surface area contributed by atoms with Crippen molar-refractivity contribution in [1.82, 2.24) is 9.80 Å². The van der Waals surface area contributed by atoms with E-state index in [1.54, 1.807) is 0 Å². The summed E-state index contributed by atoms with van der Waals surface area (Å²) < 4.78 is 0. The first-order chi connectivity index (χ1) is 8.70. The van der Waals surface area contributed by atoms with Crippen LogP contribution in [-0.4, -0.2) is 48.4 Å². The van der Waals surface area contributed by atoms with Crippen molar-refractivity contribution < 1.29 is 4.79 Å². The summed E-state index contributed by atoms with van der Waals surface area (Å²) in [6.45, 7) is 5.98. The summed E-state index contributed by atoms with van der Waals surface area (Å²) in [4.78, 5) is 17.1. The number of amides is 1. The second-order valence-corrected chi connectivity index (χ2v) is 5.55. The normalized spacial score (nSPS) is 18.3. The molecule has 0 saturated carbocycles. The first-order valence-corrected chi connectivity index (χ1v) is 7.03. The molecule has 0 bridgehead atoms. The highest BCUT2D eigenvalue weighted by atomic mass is 32.1. The molecule has 1 aromatic rings. The van der Waals surface area contributed by atoms with Gasteiger partial charge in [-0.15, -0.1) is 11.3 Å². The Bertz CT molecular complexity index is 430. The summed E-state index contributed by atoms with van der Waals surface area (Å²) in [6, 6.07) is 6.03. The second-order valence-electron chi connectivity index (χ2n) is 4.60. The van der Waals surface area contributed by atoms with E-state index in [2.05, 4.69) is 11.0 Å². The van der Waals surface area contributed by atoms with Crippen molar-refractivity contribution in [3.63, 3.8) is 0 Å². The van der Waals surface area contributed by atoms with Gasteiger partial charge in [-0.3, -0.25) is 9.69 Å². The molecule has 1 amide bonds. The van der Waals surface area contributed by atoms with Crippen molar-refractivity contribution >= 4 is 17.2 Å². The predicted octanol–water partition coefficient (Wildman–Crippen LogP) is 1.67. The fourth-order valence-electron chi connectivity index (χ4n) is 2.12. The zero-order valence-electron chi connectivity index (χ0n) is 10.5. The van der Waals surface area contributed by atoms with E-state index in [1.165, 1.54) is 11.3 Å². The molecule has 1 aliphatic heterocycles. The SMILES string of the molecule is CC(C#N)CN1CCN(C(=O)c2cccs2)CC1. The maximum absolute atomic E-state index is 12.1. The third kappa shape index (κ3) is 3.09. The van der Waals surface area contributed by atoms with Gasteiger partial charge in [-0.25, -0.2) is 0 Å². The van der Waals surface area contributed by atoms with Crippen LogP contribution in [0.3, 0.4) is 0 Å². The van der Waals surface area contributed by atoms with Gasteiger partial charge < -0.3 is 4.90 Å². The first kappa shape index (κ1) is 13.1. The Balaban J connectivity index is 1.84. The zero-order chi connectivity index (χ0) is 13.0. The number of nitriles is 1. The smallest absolute Gasteiger partial charge is 0.264 e. The molecule has 96 valence electrons. The molecule has 18 heavy (non-hydrogen) atoms. The van der Waals surface area contributed by atoms with Gasteiger partial charge >= 0.3 is 0 Å². The van der Waals surface area contributed by atoms with E-state index in [-0.39, 0.29) is 11.8 Å². The molecule has 1 atom stereocenters. The molecule has 1 aliphatic rings. The Morgan fingerprint density at radius 2 is 2.22 bits per heavy atom. The van der Waals surface area contributed by atoms with Gasteiger partial charge in [0, 0.05) is 32.7 Å². The molecule has 4 nitrogen and oxygen atoms in total. The Labute approximate surface area is 111 Å². The van der Waals surface area contributed by atoms with Crippen LogP contribution in [0, 0.1) is 17.2 Å². The van der Waals surface area contributed by atoms with Crippen molar-refractivity contribution in [3.8, 4) is 6.07 Å². The van der Waals surface area contributed by atoms with Crippen LogP contribution in [0.1, 0.15) is 16.6 Å². The molecule has 1 saturated heterocycles. The number of carbonyl (C=O) groups excluding carboxylic acids is 1. The van der Waals surface area contributed by atoms with E-state index < -0.39 is 0 Å². The van der Waals surface area contributed by atoms with E-state index in [0.29, 0.717) is 0 Å². The molecule has 0 radical (unpaired) electrons. The predicted molar refractivity (Wildman–Crippen MR) is 71.4 cm³/mol. The van der Waals surface area contributed by atoms with E-state index in [4.69, 9.17) is 5.26 Å². The van der Waals surface area contributed by atoms with Crippen molar-refractivity contribution in [1.29, 1.82) is 5.26 Å². The summed E-state index contributed by atoms with van der Waals surface area (Å²) in [5.74, 6) is 0.197. The van der Waals surface area contributed by atoms with Gasteiger partial charge in [-0.2, -0.15) is 5.26 Å². The van der Waals surface area contributed by atoms with Crippen LogP contribution in [0.15, 0.2) is 17.5 Å². The lowest BCUT2D eigenvalue weighted by atomic mass is 10.2. The number of carbonyl (C=O) groups is 1. The van der Waals surface area contributed by atoms with E-state index >= 15 is 0 Å². The van der Waals surface area contributed by atoms with E-state index in [0.717, 1.165) is 37.6 Å². The highest BCUT2D eigenvalue weighted by Crippen LogP contribution is 2.14. The molecule has 0 N–H and O–H groups in total. The van der Waals surface area contributed by atoms with Crippen molar-refractivity contribution in [2.45, 2.75) is 6.92 Å². The maximum atomic E-state index is 12.1. The Hall–Kier alpha value is -1.38. The Morgan fingerprint density at radius 1 is 1.50 bits per heavy atom. The fraction of sp³-hybridized carbons (Fsp3) is 0.538. The second kappa shape index (κ2) is 5.98. The number of nitrogens with zero attached hydrogens (tertiary/aromatic N) is 3. The lowest BCUT2D eigenvalue weighted by Crippen LogP contribution is -2.49. The van der Waals surface area contributed by atoms with Crippen LogP contribution in [0.2, 0.25) is 0 Å². The lowest BCUT2D eigenvalue weighted by Gasteiger charge is -2.34. The van der Waals surface area contributed by atoms with Crippen molar-refractivity contribution in [2.75, 3.05) is 32.7 Å². The number of rotatable bonds is 3. The zero-order valence-corrected chi connectivity index (χ0v) is 11.3. The third-order valence-corrected chi connectivity index (χ3v) is 4.00. The summed E-state index contributed by atoms with van der Waals surface area (Å²) in [5.41, 5.74) is 0. The molecule has 2 heterocycles. The van der Waals surface area contributed by atoms with Gasteiger partial charge in [0.1, 0.15) is 0 Å². The number of thiophene rings is 1. The Kier molecular flexibility index (Phi) is 4.34. The van der Waals surface area contributed by atoms with E-state index in [9.17, 15) is 4.79 Å². The molecular formula is C13H17N3OS. The number of hydrogen-bond acceptors (Lipinski definition) is 4. The van der Waals surface area contributed by atoms with Crippen LogP contribution >= 0.6 is 11.3 Å². The van der Waals surface area contributed by atoms with Gasteiger partial charge in [0.2, 0.25) is 0 Å². The minimum absolute atomic E-state index is 0.0598. The topological polar surface area (TPSA) is 47.3 Å². The number of hydrogen-bond donors (Lipinski definition) is 0. The summed E-state index contributed by atoms with van der Waals surface area (Å²) in [6.07, 6.45) is 0. The highest BCUT2D eigenvalue weighted by molar-refractivity contribution is 7.12. The molecule has 2 rings (SSSR count). The largest absolute Gasteiger partial charge is 0.335 e. The van der Waals surface area contributed by atoms with Crippen molar-refractivity contribution in [2.24, 2.45) is 5.92 Å². The van der Waals surface area contributed by atoms with Gasteiger partial charge in [-0.1, -0.05) is 6.07 Å². The maximum Gasteiger partial charge on any atom is 0.264 e. The summed E-state index contributed by atoms with van der Waals surface area (Å²) >= 11 is 1.49. The molecule has 1 fully saturated rings. The highest BCUT2D eigenvalue weighted by Gasteiger charge is 2.23. The van der Waals surface area contributed by atoms with Gasteiger partial charge in [0.25, 0.3) is 5.91 Å². The summed E-state index contributed by atoms with van der Waals surface area (Å²) in [5, 5.41) is 10.7.